The van der Waals surface area contributed by atoms with Crippen LogP contribution in [0.15, 0.2) is 63.8 Å². The lowest BCUT2D eigenvalue weighted by atomic mass is 10.2. The SMILES string of the molecule is Cl.Cn1c(-c2ccc(Cl)c(S(=O)(=O)NC3CCCC3)c2)csc1=Nc1ccccc1. The molecule has 0 bridgehead atoms. The average molecular weight is 484 g/mol. The molecule has 0 spiro atoms. The van der Waals surface area contributed by atoms with Crippen LogP contribution < -0.4 is 9.52 Å². The number of nitrogens with one attached hydrogen (secondary N) is 1. The van der Waals surface area contributed by atoms with E-state index in [0.717, 1.165) is 47.4 Å². The molecule has 5 nitrogen and oxygen atoms in total. The van der Waals surface area contributed by atoms with Crippen LogP contribution in [0.25, 0.3) is 11.3 Å². The number of halogens is 2. The first-order valence-electron chi connectivity index (χ1n) is 9.50. The van der Waals surface area contributed by atoms with Crippen LogP contribution in [0.3, 0.4) is 0 Å². The minimum atomic E-state index is -3.67. The maximum atomic E-state index is 12.9. The van der Waals surface area contributed by atoms with E-state index < -0.39 is 10.0 Å². The molecule has 1 aliphatic rings. The molecule has 0 atom stereocenters. The molecule has 160 valence electrons. The van der Waals surface area contributed by atoms with Crippen molar-refractivity contribution in [2.45, 2.75) is 36.6 Å². The van der Waals surface area contributed by atoms with E-state index in [4.69, 9.17) is 11.6 Å². The van der Waals surface area contributed by atoms with Gasteiger partial charge in [-0.15, -0.1) is 23.7 Å². The van der Waals surface area contributed by atoms with Gasteiger partial charge in [0.05, 0.1) is 16.4 Å². The Hall–Kier alpha value is -1.64. The van der Waals surface area contributed by atoms with Crippen molar-refractivity contribution < 1.29 is 8.42 Å². The number of sulfonamides is 1. The monoisotopic (exact) mass is 483 g/mol. The number of rotatable bonds is 5. The summed E-state index contributed by atoms with van der Waals surface area (Å²) in [6.07, 6.45) is 3.86. The van der Waals surface area contributed by atoms with Gasteiger partial charge in [0, 0.05) is 24.0 Å². The van der Waals surface area contributed by atoms with Gasteiger partial charge in [0.25, 0.3) is 0 Å². The zero-order valence-corrected chi connectivity index (χ0v) is 19.6. The van der Waals surface area contributed by atoms with Crippen LogP contribution in [-0.4, -0.2) is 19.0 Å². The Labute approximate surface area is 191 Å². The van der Waals surface area contributed by atoms with Gasteiger partial charge in [0.1, 0.15) is 4.90 Å². The van der Waals surface area contributed by atoms with E-state index in [0.29, 0.717) is 0 Å². The van der Waals surface area contributed by atoms with Crippen molar-refractivity contribution >= 4 is 51.1 Å². The fourth-order valence-corrected chi connectivity index (χ4v) is 6.30. The molecule has 30 heavy (non-hydrogen) atoms. The fourth-order valence-electron chi connectivity index (χ4n) is 3.54. The predicted molar refractivity (Wildman–Crippen MR) is 125 cm³/mol. The molecule has 0 radical (unpaired) electrons. The van der Waals surface area contributed by atoms with Crippen LogP contribution in [0.1, 0.15) is 25.7 Å². The minimum absolute atomic E-state index is 0. The number of thiazole rings is 1. The van der Waals surface area contributed by atoms with Crippen molar-refractivity contribution in [3.63, 3.8) is 0 Å². The summed E-state index contributed by atoms with van der Waals surface area (Å²) >= 11 is 7.77. The maximum absolute atomic E-state index is 12.9. The Morgan fingerprint density at radius 2 is 1.83 bits per heavy atom. The molecule has 3 aromatic rings. The smallest absolute Gasteiger partial charge is 0.242 e. The lowest BCUT2D eigenvalue weighted by molar-refractivity contribution is 0.552. The summed E-state index contributed by atoms with van der Waals surface area (Å²) in [5.74, 6) is 0. The molecule has 9 heteroatoms. The van der Waals surface area contributed by atoms with Crippen molar-refractivity contribution in [2.24, 2.45) is 12.0 Å². The highest BCUT2D eigenvalue weighted by Crippen LogP contribution is 2.29. The Balaban J connectivity index is 0.00000256. The summed E-state index contributed by atoms with van der Waals surface area (Å²) in [4.78, 5) is 5.62. The lowest BCUT2D eigenvalue weighted by Gasteiger charge is -2.14. The number of benzene rings is 2. The zero-order valence-electron chi connectivity index (χ0n) is 16.4. The first-order valence-corrected chi connectivity index (χ1v) is 12.2. The number of hydrogen-bond donors (Lipinski definition) is 1. The van der Waals surface area contributed by atoms with Crippen molar-refractivity contribution in [3.8, 4) is 11.3 Å². The van der Waals surface area contributed by atoms with E-state index >= 15 is 0 Å². The van der Waals surface area contributed by atoms with E-state index in [1.54, 1.807) is 12.1 Å². The second kappa shape index (κ2) is 9.66. The molecule has 0 saturated heterocycles. The van der Waals surface area contributed by atoms with Crippen molar-refractivity contribution in [1.29, 1.82) is 0 Å². The third-order valence-electron chi connectivity index (χ3n) is 5.10. The largest absolute Gasteiger partial charge is 0.320 e. The number of nitrogens with zero attached hydrogens (tertiary/aromatic N) is 2. The maximum Gasteiger partial charge on any atom is 0.242 e. The molecule has 1 aliphatic carbocycles. The van der Waals surface area contributed by atoms with Gasteiger partial charge < -0.3 is 4.57 Å². The molecular weight excluding hydrogens is 461 g/mol. The fraction of sp³-hybridized carbons (Fsp3) is 0.286. The normalized spacial score (nSPS) is 15.3. The molecule has 0 aliphatic heterocycles. The third kappa shape index (κ3) is 4.98. The molecule has 1 aromatic heterocycles. The molecule has 1 fully saturated rings. The van der Waals surface area contributed by atoms with E-state index in [1.807, 2.05) is 53.4 Å². The van der Waals surface area contributed by atoms with Crippen LogP contribution in [0.5, 0.6) is 0 Å². The van der Waals surface area contributed by atoms with Crippen molar-refractivity contribution in [2.75, 3.05) is 0 Å². The average Bonchev–Trinajstić information content (AvgIpc) is 3.33. The van der Waals surface area contributed by atoms with Gasteiger partial charge in [-0.2, -0.15) is 0 Å². The molecule has 2 aromatic carbocycles. The van der Waals surface area contributed by atoms with Gasteiger partial charge in [0.15, 0.2) is 4.80 Å². The Morgan fingerprint density at radius 3 is 2.53 bits per heavy atom. The standard InChI is InChI=1S/C21H22ClN3O2S2.ClH/c1-25-19(14-28-21(25)23-16-7-3-2-4-8-16)15-11-12-18(22)20(13-15)29(26,27)24-17-9-5-6-10-17;/h2-4,7-8,11-14,17,24H,5-6,9-10H2,1H3;1H. The summed E-state index contributed by atoms with van der Waals surface area (Å²) in [6, 6.07) is 14.9. The second-order valence-electron chi connectivity index (χ2n) is 7.16. The molecule has 1 saturated carbocycles. The van der Waals surface area contributed by atoms with Crippen LogP contribution in [0.2, 0.25) is 5.02 Å². The topological polar surface area (TPSA) is 63.5 Å². The zero-order chi connectivity index (χ0) is 20.4. The summed E-state index contributed by atoms with van der Waals surface area (Å²) in [7, 11) is -1.75. The molecular formula is C21H23Cl2N3O2S2. The third-order valence-corrected chi connectivity index (χ3v) is 8.02. The van der Waals surface area contributed by atoms with Crippen molar-refractivity contribution in [3.05, 3.63) is 63.7 Å². The molecule has 0 unspecified atom stereocenters. The van der Waals surface area contributed by atoms with Gasteiger partial charge >= 0.3 is 0 Å². The molecule has 4 rings (SSSR count). The van der Waals surface area contributed by atoms with E-state index in [9.17, 15) is 8.42 Å². The summed E-state index contributed by atoms with van der Waals surface area (Å²) in [6.45, 7) is 0. The minimum Gasteiger partial charge on any atom is -0.320 e. The van der Waals surface area contributed by atoms with Crippen LogP contribution >= 0.6 is 35.3 Å². The Bertz CT molecular complexity index is 1180. The van der Waals surface area contributed by atoms with Gasteiger partial charge in [-0.1, -0.05) is 48.7 Å². The van der Waals surface area contributed by atoms with E-state index in [1.165, 1.54) is 11.3 Å². The number of hydrogen-bond acceptors (Lipinski definition) is 4. The predicted octanol–water partition coefficient (Wildman–Crippen LogP) is 5.28. The van der Waals surface area contributed by atoms with Gasteiger partial charge in [-0.25, -0.2) is 18.1 Å². The summed E-state index contributed by atoms with van der Waals surface area (Å²) in [5.41, 5.74) is 2.55. The van der Waals surface area contributed by atoms with Crippen LogP contribution in [0, 0.1) is 0 Å². The Kier molecular flexibility index (Phi) is 7.42. The summed E-state index contributed by atoms with van der Waals surface area (Å²) < 4.78 is 30.6. The highest BCUT2D eigenvalue weighted by molar-refractivity contribution is 7.89. The molecule has 0 amide bonds. The van der Waals surface area contributed by atoms with E-state index in [-0.39, 0.29) is 28.4 Å². The highest BCUT2D eigenvalue weighted by Gasteiger charge is 2.25. The summed E-state index contributed by atoms with van der Waals surface area (Å²) in [5, 5.41) is 2.21. The van der Waals surface area contributed by atoms with Gasteiger partial charge in [-0.3, -0.25) is 0 Å². The van der Waals surface area contributed by atoms with Crippen LogP contribution in [-0.2, 0) is 17.1 Å². The molecule has 1 N–H and O–H groups in total. The van der Waals surface area contributed by atoms with Gasteiger partial charge in [-0.05, 0) is 37.1 Å². The number of para-hydroxylation sites is 1. The van der Waals surface area contributed by atoms with Crippen molar-refractivity contribution in [1.82, 2.24) is 9.29 Å². The first kappa shape index (κ1) is 23.0. The lowest BCUT2D eigenvalue weighted by Crippen LogP contribution is -2.32. The second-order valence-corrected chi connectivity index (χ2v) is 10.1. The van der Waals surface area contributed by atoms with E-state index in [2.05, 4.69) is 9.71 Å². The molecule has 1 heterocycles. The number of aromatic nitrogens is 1. The first-order chi connectivity index (χ1) is 13.9. The van der Waals surface area contributed by atoms with Gasteiger partial charge in [0.2, 0.25) is 10.0 Å². The quantitative estimate of drug-likeness (QED) is 0.536. The van der Waals surface area contributed by atoms with Crippen LogP contribution in [0.4, 0.5) is 5.69 Å². The Morgan fingerprint density at radius 1 is 1.13 bits per heavy atom. The highest BCUT2D eigenvalue weighted by atomic mass is 35.5.